The summed E-state index contributed by atoms with van der Waals surface area (Å²) in [5.74, 6) is 0.511. The molecule has 0 radical (unpaired) electrons. The molecule has 1 amide bonds. The average Bonchev–Trinajstić information content (AvgIpc) is 2.42. The van der Waals surface area contributed by atoms with Gasteiger partial charge in [0, 0.05) is 12.7 Å². The molecule has 0 fully saturated rings. The average molecular weight is 261 g/mol. The Morgan fingerprint density at radius 3 is 2.79 bits per heavy atom. The summed E-state index contributed by atoms with van der Waals surface area (Å²) in [6, 6.07) is 0. The molecule has 0 aliphatic carbocycles. The smallest absolute Gasteiger partial charge is 0.274 e. The van der Waals surface area contributed by atoms with Gasteiger partial charge in [0.2, 0.25) is 0 Å². The van der Waals surface area contributed by atoms with E-state index in [0.717, 1.165) is 5.69 Å². The van der Waals surface area contributed by atoms with Crippen LogP contribution < -0.4 is 0 Å². The summed E-state index contributed by atoms with van der Waals surface area (Å²) in [7, 11) is 0. The number of aromatic nitrogens is 2. The van der Waals surface area contributed by atoms with Crippen LogP contribution in [0.4, 0.5) is 0 Å². The summed E-state index contributed by atoms with van der Waals surface area (Å²) in [5, 5.41) is 0. The van der Waals surface area contributed by atoms with Crippen LogP contribution in [-0.4, -0.2) is 33.9 Å². The first-order valence-electron chi connectivity index (χ1n) is 6.13. The van der Waals surface area contributed by atoms with E-state index in [1.807, 2.05) is 13.8 Å². The second-order valence-electron chi connectivity index (χ2n) is 3.90. The quantitative estimate of drug-likeness (QED) is 0.737. The fourth-order valence-corrected chi connectivity index (χ4v) is 1.55. The molecule has 0 aliphatic rings. The van der Waals surface area contributed by atoms with Crippen molar-refractivity contribution in [2.75, 3.05) is 13.1 Å². The fraction of sp³-hybridized carbons (Fsp3) is 0.357. The third kappa shape index (κ3) is 4.21. The first-order chi connectivity index (χ1) is 9.12. The van der Waals surface area contributed by atoms with Crippen molar-refractivity contribution in [1.29, 1.82) is 0 Å². The van der Waals surface area contributed by atoms with Crippen molar-refractivity contribution in [3.8, 4) is 0 Å². The van der Waals surface area contributed by atoms with Gasteiger partial charge in [-0.05, 0) is 26.8 Å². The van der Waals surface area contributed by atoms with Gasteiger partial charge in [-0.3, -0.25) is 9.78 Å². The SMILES string of the molecule is C=CO/C(=C\C)CN(CC)C(=O)c1cncc(C)n1. The Kier molecular flexibility index (Phi) is 5.73. The topological polar surface area (TPSA) is 55.3 Å². The number of aryl methyl sites for hydroxylation is 1. The molecule has 102 valence electrons. The van der Waals surface area contributed by atoms with Crippen LogP contribution in [0.15, 0.2) is 37.1 Å². The molecule has 1 aromatic rings. The van der Waals surface area contributed by atoms with E-state index in [1.165, 1.54) is 12.5 Å². The minimum Gasteiger partial charge on any atom is -0.468 e. The molecule has 0 saturated carbocycles. The van der Waals surface area contributed by atoms with Gasteiger partial charge in [0.05, 0.1) is 24.7 Å². The summed E-state index contributed by atoms with van der Waals surface area (Å²) in [4.78, 5) is 22.1. The van der Waals surface area contributed by atoms with E-state index in [9.17, 15) is 4.79 Å². The Bertz CT molecular complexity index is 483. The Labute approximate surface area is 113 Å². The molecule has 1 rings (SSSR count). The summed E-state index contributed by atoms with van der Waals surface area (Å²) >= 11 is 0. The van der Waals surface area contributed by atoms with Gasteiger partial charge in [-0.2, -0.15) is 0 Å². The van der Waals surface area contributed by atoms with Crippen LogP contribution in [0.3, 0.4) is 0 Å². The molecule has 0 N–H and O–H groups in total. The minimum absolute atomic E-state index is 0.161. The molecule has 0 aliphatic heterocycles. The second kappa shape index (κ2) is 7.31. The zero-order valence-corrected chi connectivity index (χ0v) is 11.6. The molecule has 1 heterocycles. The van der Waals surface area contributed by atoms with E-state index in [-0.39, 0.29) is 5.91 Å². The number of likely N-dealkylation sites (N-methyl/N-ethyl adjacent to an activating group) is 1. The maximum atomic E-state index is 12.3. The monoisotopic (exact) mass is 261 g/mol. The van der Waals surface area contributed by atoms with Crippen LogP contribution in [0.1, 0.15) is 30.0 Å². The first-order valence-corrected chi connectivity index (χ1v) is 6.13. The molecule has 0 unspecified atom stereocenters. The van der Waals surface area contributed by atoms with Crippen molar-refractivity contribution in [2.45, 2.75) is 20.8 Å². The van der Waals surface area contributed by atoms with Crippen LogP contribution in [0.25, 0.3) is 0 Å². The van der Waals surface area contributed by atoms with Gasteiger partial charge in [0.15, 0.2) is 0 Å². The lowest BCUT2D eigenvalue weighted by molar-refractivity contribution is 0.0752. The molecule has 0 bridgehead atoms. The van der Waals surface area contributed by atoms with Crippen LogP contribution >= 0.6 is 0 Å². The van der Waals surface area contributed by atoms with Gasteiger partial charge >= 0.3 is 0 Å². The van der Waals surface area contributed by atoms with Crippen LogP contribution in [0.2, 0.25) is 0 Å². The number of carbonyl (C=O) groups excluding carboxylic acids is 1. The Hall–Kier alpha value is -2.17. The molecule has 5 heteroatoms. The molecule has 1 aromatic heterocycles. The first kappa shape index (κ1) is 14.9. The molecule has 5 nitrogen and oxygen atoms in total. The lowest BCUT2D eigenvalue weighted by atomic mass is 10.3. The molecular formula is C14H19N3O2. The van der Waals surface area contributed by atoms with Crippen molar-refractivity contribution in [3.05, 3.63) is 48.5 Å². The normalized spacial score (nSPS) is 11.0. The summed E-state index contributed by atoms with van der Waals surface area (Å²) in [5.41, 5.74) is 1.06. The van der Waals surface area contributed by atoms with Gasteiger partial charge in [0.25, 0.3) is 5.91 Å². The molecule has 0 atom stereocenters. The number of allylic oxidation sites excluding steroid dienone is 1. The van der Waals surface area contributed by atoms with Crippen molar-refractivity contribution >= 4 is 5.91 Å². The zero-order chi connectivity index (χ0) is 14.3. The number of amides is 1. The van der Waals surface area contributed by atoms with Gasteiger partial charge < -0.3 is 9.64 Å². The zero-order valence-electron chi connectivity index (χ0n) is 11.6. The number of rotatable bonds is 6. The molecule has 0 saturated heterocycles. The second-order valence-corrected chi connectivity index (χ2v) is 3.90. The van der Waals surface area contributed by atoms with E-state index in [2.05, 4.69) is 16.5 Å². The van der Waals surface area contributed by atoms with Gasteiger partial charge in [-0.25, -0.2) is 4.98 Å². The van der Waals surface area contributed by atoms with Crippen molar-refractivity contribution in [3.63, 3.8) is 0 Å². The molecule has 19 heavy (non-hydrogen) atoms. The highest BCUT2D eigenvalue weighted by Gasteiger charge is 2.17. The maximum Gasteiger partial charge on any atom is 0.274 e. The Morgan fingerprint density at radius 1 is 1.53 bits per heavy atom. The molecule has 0 spiro atoms. The van der Waals surface area contributed by atoms with E-state index in [1.54, 1.807) is 24.1 Å². The van der Waals surface area contributed by atoms with E-state index in [0.29, 0.717) is 24.5 Å². The minimum atomic E-state index is -0.161. The lowest BCUT2D eigenvalue weighted by Crippen LogP contribution is -2.33. The van der Waals surface area contributed by atoms with Crippen molar-refractivity contribution in [2.24, 2.45) is 0 Å². The highest BCUT2D eigenvalue weighted by Crippen LogP contribution is 2.07. The van der Waals surface area contributed by atoms with Crippen molar-refractivity contribution < 1.29 is 9.53 Å². The van der Waals surface area contributed by atoms with E-state index >= 15 is 0 Å². The number of carbonyl (C=O) groups is 1. The number of hydrogen-bond acceptors (Lipinski definition) is 4. The van der Waals surface area contributed by atoms with Gasteiger partial charge in [0.1, 0.15) is 11.5 Å². The van der Waals surface area contributed by atoms with Crippen LogP contribution in [0, 0.1) is 6.92 Å². The van der Waals surface area contributed by atoms with E-state index in [4.69, 9.17) is 4.74 Å². The van der Waals surface area contributed by atoms with Gasteiger partial charge in [-0.15, -0.1) is 0 Å². The number of hydrogen-bond donors (Lipinski definition) is 0. The van der Waals surface area contributed by atoms with Crippen LogP contribution in [0.5, 0.6) is 0 Å². The van der Waals surface area contributed by atoms with Crippen LogP contribution in [-0.2, 0) is 4.74 Å². The maximum absolute atomic E-state index is 12.3. The number of nitrogens with zero attached hydrogens (tertiary/aromatic N) is 3. The molecular weight excluding hydrogens is 242 g/mol. The Balaban J connectivity index is 2.85. The lowest BCUT2D eigenvalue weighted by Gasteiger charge is -2.21. The largest absolute Gasteiger partial charge is 0.468 e. The van der Waals surface area contributed by atoms with Crippen molar-refractivity contribution in [1.82, 2.24) is 14.9 Å². The van der Waals surface area contributed by atoms with E-state index < -0.39 is 0 Å². The Morgan fingerprint density at radius 2 is 2.26 bits per heavy atom. The van der Waals surface area contributed by atoms with Gasteiger partial charge in [-0.1, -0.05) is 6.58 Å². The standard InChI is InChI=1S/C14H19N3O2/c1-5-12(19-7-3)10-17(6-2)14(18)13-9-15-8-11(4)16-13/h5,7-9H,3,6,10H2,1-2,4H3/b12-5-. The fourth-order valence-electron chi connectivity index (χ4n) is 1.55. The predicted molar refractivity (Wildman–Crippen MR) is 73.4 cm³/mol. The third-order valence-corrected chi connectivity index (χ3v) is 2.55. The molecule has 0 aromatic carbocycles. The highest BCUT2D eigenvalue weighted by atomic mass is 16.5. The number of ether oxygens (including phenoxy) is 1. The third-order valence-electron chi connectivity index (χ3n) is 2.55. The summed E-state index contributed by atoms with van der Waals surface area (Å²) in [6.45, 7) is 10.0. The summed E-state index contributed by atoms with van der Waals surface area (Å²) < 4.78 is 5.23. The summed E-state index contributed by atoms with van der Waals surface area (Å²) in [6.07, 6.45) is 6.24. The predicted octanol–water partition coefficient (Wildman–Crippen LogP) is 2.31. The highest BCUT2D eigenvalue weighted by molar-refractivity contribution is 5.92.